The number of aromatic amines is 3. The Morgan fingerprint density at radius 1 is 0.343 bits per heavy atom. The Hall–Kier alpha value is -13.4. The first-order valence-electron chi connectivity index (χ1n) is 45.5. The fourth-order valence-corrected chi connectivity index (χ4v) is 15.2. The predicted octanol–water partition coefficient (Wildman–Crippen LogP) is -2.21. The molecule has 0 bridgehead atoms. The van der Waals surface area contributed by atoms with Crippen molar-refractivity contribution in [3.05, 3.63) is 144 Å². The highest BCUT2D eigenvalue weighted by Gasteiger charge is 2.41. The number of nitrogens with one attached hydrogen (secondary N) is 19. The number of carboxylic acids is 1. The van der Waals surface area contributed by atoms with Gasteiger partial charge < -0.3 is 140 Å². The number of rotatable bonds is 57. The molecule has 0 aliphatic carbocycles. The number of para-hydroxylation sites is 3. The Bertz CT molecular complexity index is 5140. The van der Waals surface area contributed by atoms with Crippen molar-refractivity contribution in [1.29, 1.82) is 5.41 Å². The third-order valence-corrected chi connectivity index (χ3v) is 23.2. The Labute approximate surface area is 777 Å². The Balaban J connectivity index is 1.14. The van der Waals surface area contributed by atoms with E-state index in [4.69, 9.17) is 45.5 Å². The molecule has 134 heavy (non-hydrogen) atoms. The van der Waals surface area contributed by atoms with Crippen molar-refractivity contribution in [2.24, 2.45) is 57.9 Å². The normalized spacial score (nSPS) is 15.2. The van der Waals surface area contributed by atoms with Crippen LogP contribution in [0.1, 0.15) is 142 Å². The summed E-state index contributed by atoms with van der Waals surface area (Å²) in [5.74, 6) is -15.0. The second-order valence-electron chi connectivity index (χ2n) is 34.2. The molecule has 0 saturated carbocycles. The van der Waals surface area contributed by atoms with Crippen LogP contribution in [-0.4, -0.2) is 245 Å². The van der Waals surface area contributed by atoms with Gasteiger partial charge in [0.25, 0.3) is 0 Å². The third kappa shape index (κ3) is 32.5. The summed E-state index contributed by atoms with van der Waals surface area (Å²) in [6.07, 6.45) is 3.83. The molecule has 17 atom stereocenters. The molecule has 0 saturated heterocycles. The molecular weight excluding hydrogens is 1730 g/mol. The quantitative estimate of drug-likeness (QED) is 0.0109. The van der Waals surface area contributed by atoms with Crippen LogP contribution in [0.4, 0.5) is 0 Å². The molecule has 34 N–H and O–H groups in total. The minimum Gasteiger partial charge on any atom is -0.480 e. The van der Waals surface area contributed by atoms with E-state index >= 15 is 28.8 Å². The molecule has 0 fully saturated rings. The second kappa shape index (κ2) is 53.9. The lowest BCUT2D eigenvalue weighted by molar-refractivity contribution is -0.142. The third-order valence-electron chi connectivity index (χ3n) is 23.2. The summed E-state index contributed by atoms with van der Waals surface area (Å²) in [5.41, 5.74) is 45.8. The van der Waals surface area contributed by atoms with Gasteiger partial charge in [-0.15, -0.1) is 0 Å². The van der Waals surface area contributed by atoms with E-state index in [1.54, 1.807) is 163 Å². The van der Waals surface area contributed by atoms with Gasteiger partial charge in [-0.2, -0.15) is 0 Å². The monoisotopic (exact) mass is 1860 g/mol. The van der Waals surface area contributed by atoms with Crippen molar-refractivity contribution < 1.29 is 77.0 Å². The number of carbonyl (C=O) groups excluding carboxylic acids is 14. The lowest BCUT2D eigenvalue weighted by Crippen LogP contribution is -2.62. The summed E-state index contributed by atoms with van der Waals surface area (Å²) in [5, 5.41) is 60.1. The first kappa shape index (κ1) is 108. The molecule has 14 amide bonds. The van der Waals surface area contributed by atoms with Crippen LogP contribution in [0.25, 0.3) is 32.7 Å². The zero-order valence-corrected chi connectivity index (χ0v) is 77.2. The number of amides is 14. The number of hydrogen-bond donors (Lipinski definition) is 27. The van der Waals surface area contributed by atoms with Gasteiger partial charge in [-0.05, 0) is 156 Å². The molecule has 730 valence electrons. The van der Waals surface area contributed by atoms with E-state index in [0.717, 1.165) is 0 Å². The molecule has 0 aliphatic heterocycles. The number of hydrogen-bond acceptors (Lipinski definition) is 22. The Morgan fingerprint density at radius 3 is 0.970 bits per heavy atom. The van der Waals surface area contributed by atoms with Crippen LogP contribution < -0.4 is 120 Å². The molecule has 3 heterocycles. The van der Waals surface area contributed by atoms with Gasteiger partial charge in [0.15, 0.2) is 5.96 Å². The Morgan fingerprint density at radius 2 is 0.634 bits per heavy atom. The first-order valence-corrected chi connectivity index (χ1v) is 45.5. The highest BCUT2D eigenvalue weighted by Crippen LogP contribution is 2.25. The number of aliphatic carboxylic acids is 1. The highest BCUT2D eigenvalue weighted by atomic mass is 16.4. The SMILES string of the molecule is CC[C@H](C)[C@H](NC(=O)[C@H](CCN)NC(=O)[C@H](C)NC(=O)[C@H](C)N)C(=O)N[C@H](C(=O)N[C@@H](CC(C)C)C(=O)N[C@@H](CCN)C(=O)N[C@@H](Cc1c[nH]c2ccccc12)C(=O)N[C@@H](CCN)C(=O)N[C@@H](Cc1c[nH]c2ccccc12)C(=O)N[C@@H](CCN)C(=O)N[C@@H](Cc1c[nH]c2ccccc12)C(=O)N[C@@H](CCN)C(=O)N[C@@H](Cc1ccccc1)C(=O)N[C@@H](CCCNC(=N)N)C(=O)O)[C@@H](C)CC. The van der Waals surface area contributed by atoms with E-state index in [1.165, 1.54) is 13.8 Å². The van der Waals surface area contributed by atoms with Gasteiger partial charge >= 0.3 is 5.97 Å². The van der Waals surface area contributed by atoms with Gasteiger partial charge in [0.2, 0.25) is 82.7 Å². The number of fused-ring (bicyclic) bond motifs is 3. The van der Waals surface area contributed by atoms with Crippen LogP contribution in [0.5, 0.6) is 0 Å². The summed E-state index contributed by atoms with van der Waals surface area (Å²) >= 11 is 0. The van der Waals surface area contributed by atoms with Crippen molar-refractivity contribution in [3.63, 3.8) is 0 Å². The average Bonchev–Trinajstić information content (AvgIpc) is 1.62. The molecule has 0 aliphatic rings. The summed E-state index contributed by atoms with van der Waals surface area (Å²) in [6, 6.07) is 9.04. The number of nitrogens with two attached hydrogens (primary N) is 7. The van der Waals surface area contributed by atoms with E-state index in [0.29, 0.717) is 67.8 Å². The van der Waals surface area contributed by atoms with Crippen LogP contribution in [0.15, 0.2) is 122 Å². The summed E-state index contributed by atoms with van der Waals surface area (Å²) in [4.78, 5) is 226. The number of carbonyl (C=O) groups is 15. The van der Waals surface area contributed by atoms with Gasteiger partial charge in [-0.25, -0.2) is 4.79 Å². The minimum absolute atomic E-state index is 0.000697. The van der Waals surface area contributed by atoms with Crippen molar-refractivity contribution >= 4 is 127 Å². The smallest absolute Gasteiger partial charge is 0.326 e. The van der Waals surface area contributed by atoms with Crippen molar-refractivity contribution in [2.45, 2.75) is 236 Å². The van der Waals surface area contributed by atoms with Gasteiger partial charge in [0.05, 0.1) is 6.04 Å². The van der Waals surface area contributed by atoms with Crippen LogP contribution >= 0.6 is 0 Å². The topological polar surface area (TPSA) is 710 Å². The van der Waals surface area contributed by atoms with E-state index in [9.17, 15) is 48.3 Å². The minimum atomic E-state index is -1.58. The summed E-state index contributed by atoms with van der Waals surface area (Å²) in [6.45, 7) is 12.6. The predicted molar refractivity (Wildman–Crippen MR) is 506 cm³/mol. The lowest BCUT2D eigenvalue weighted by atomic mass is 9.94. The van der Waals surface area contributed by atoms with Gasteiger partial charge in [-0.1, -0.05) is 139 Å². The lowest BCUT2D eigenvalue weighted by Gasteiger charge is -2.31. The number of carboxylic acid groups (broad SMARTS) is 1. The van der Waals surface area contributed by atoms with Crippen LogP contribution in [0, 0.1) is 23.2 Å². The summed E-state index contributed by atoms with van der Waals surface area (Å²) in [7, 11) is 0. The number of benzene rings is 4. The van der Waals surface area contributed by atoms with E-state index in [1.807, 2.05) is 0 Å². The second-order valence-corrected chi connectivity index (χ2v) is 34.2. The molecule has 0 unspecified atom stereocenters. The van der Waals surface area contributed by atoms with Crippen LogP contribution in [0.2, 0.25) is 0 Å². The molecule has 4 aromatic carbocycles. The maximum atomic E-state index is 15.4. The van der Waals surface area contributed by atoms with Gasteiger partial charge in [0.1, 0.15) is 84.6 Å². The Kier molecular flexibility index (Phi) is 43.3. The molecule has 7 aromatic rings. The van der Waals surface area contributed by atoms with Crippen LogP contribution in [0.3, 0.4) is 0 Å². The molecule has 0 radical (unpaired) electrons. The molecule has 42 heteroatoms. The molecule has 42 nitrogen and oxygen atoms in total. The maximum Gasteiger partial charge on any atom is 0.326 e. The first-order chi connectivity index (χ1) is 64.0. The number of guanidine groups is 1. The molecular formula is C92H136N26O16. The highest BCUT2D eigenvalue weighted by molar-refractivity contribution is 6.02. The van der Waals surface area contributed by atoms with E-state index in [-0.39, 0.29) is 128 Å². The van der Waals surface area contributed by atoms with Crippen molar-refractivity contribution in [2.75, 3.05) is 39.3 Å². The van der Waals surface area contributed by atoms with Gasteiger partial charge in [-0.3, -0.25) is 72.5 Å². The van der Waals surface area contributed by atoms with E-state index in [2.05, 4.69) is 94.7 Å². The molecule has 7 rings (SSSR count). The summed E-state index contributed by atoms with van der Waals surface area (Å²) < 4.78 is 0. The van der Waals surface area contributed by atoms with Crippen molar-refractivity contribution in [1.82, 2.24) is 94.7 Å². The van der Waals surface area contributed by atoms with Crippen molar-refractivity contribution in [3.8, 4) is 0 Å². The standard InChI is InChI=1S/C92H136N26O16/c1-9-50(5)75(118-90(132)76(51(6)10-2)117-83(125)68(34-39-97)106-78(120)53(8)105-77(119)52(7)98)89(131)116-70(41-49(3)4)84(126)107-65(31-36-94)80(122)113-73(44-56-47-103-62-27-18-15-24-59(56)62)87(129)109-67(33-38-96)82(124)115-74(45-57-48-104-63-28-19-16-25-60(57)63)88(130)110-66(32-37-95)81(123)114-72(43-55-46-102-61-26-17-14-23-58(55)61)86(128)108-64(30-35-93)79(121)112-71(42-54-21-12-11-13-22-54)85(127)111-69(91(133)134)29-20-40-101-92(99)100/h11-19,21-28,46-53,64-76,102-104H,9-10,20,29-45,93-98H2,1-8H3,(H,105,119)(H,106,120)(H,107,126)(H,108,128)(H,109,129)(H,110,130)(H,111,127)(H,112,121)(H,113,122)(H,114,123)(H,115,124)(H,116,131)(H,117,125)(H,118,132)(H,133,134)(H4,99,100,101)/t50-,51-,52-,53-,64-,65-,66-,67-,68-,69-,70-,71-,72-,73-,74-,75-,76-/m0/s1. The zero-order chi connectivity index (χ0) is 98.4. The molecule has 3 aromatic heterocycles. The fraction of sp³-hybridized carbons (Fsp3) is 0.500. The largest absolute Gasteiger partial charge is 0.480 e. The fourth-order valence-electron chi connectivity index (χ4n) is 15.2. The number of H-pyrrole nitrogens is 3. The zero-order valence-electron chi connectivity index (χ0n) is 77.2. The van der Waals surface area contributed by atoms with E-state index < -0.39 is 191 Å². The number of aromatic nitrogens is 3. The van der Waals surface area contributed by atoms with Crippen LogP contribution in [-0.2, 0) is 97.6 Å². The van der Waals surface area contributed by atoms with Gasteiger partial charge in [0, 0.05) is 83.5 Å². The average molecular weight is 1860 g/mol. The maximum absolute atomic E-state index is 15.4. The molecule has 0 spiro atoms.